The molecule has 0 aliphatic heterocycles. The molecule has 9 heteroatoms. The Labute approximate surface area is 187 Å². The molecule has 0 aromatic heterocycles. The van der Waals surface area contributed by atoms with Gasteiger partial charge in [0.15, 0.2) is 0 Å². The van der Waals surface area contributed by atoms with Gasteiger partial charge < -0.3 is 9.64 Å². The molecule has 0 radical (unpaired) electrons. The lowest BCUT2D eigenvalue weighted by atomic mass is 10.0. The summed E-state index contributed by atoms with van der Waals surface area (Å²) in [4.78, 5) is 14.3. The first-order chi connectivity index (χ1) is 15.5. The third kappa shape index (κ3) is 5.84. The number of nitrogens with zero attached hydrogens (tertiary/aromatic N) is 1. The van der Waals surface area contributed by atoms with Crippen LogP contribution in [-0.4, -0.2) is 23.5 Å². The van der Waals surface area contributed by atoms with Crippen molar-refractivity contribution >= 4 is 5.91 Å². The lowest BCUT2D eigenvalue weighted by Crippen LogP contribution is -2.34. The second kappa shape index (κ2) is 9.82. The third-order valence-corrected chi connectivity index (χ3v) is 5.11. The molecule has 0 saturated carbocycles. The molecule has 0 saturated heterocycles. The Morgan fingerprint density at radius 3 is 2.21 bits per heavy atom. The Hall–Kier alpha value is -3.07. The maximum atomic E-state index is 13.6. The highest BCUT2D eigenvalue weighted by molar-refractivity contribution is 5.97. The summed E-state index contributed by atoms with van der Waals surface area (Å²) in [6.07, 6.45) is -5.05. The average molecular weight is 469 g/mol. The number of carbonyl (C=O) groups is 1. The summed E-state index contributed by atoms with van der Waals surface area (Å²) in [7, 11) is 0. The van der Waals surface area contributed by atoms with E-state index >= 15 is 0 Å². The fourth-order valence-corrected chi connectivity index (χ4v) is 3.63. The van der Waals surface area contributed by atoms with E-state index < -0.39 is 47.6 Å². The number of alkyl halides is 6. The molecule has 1 aliphatic rings. The molecule has 1 aliphatic carbocycles. The minimum Gasteiger partial charge on any atom is -0.374 e. The summed E-state index contributed by atoms with van der Waals surface area (Å²) in [6, 6.07) is 8.90. The summed E-state index contributed by atoms with van der Waals surface area (Å²) in [5.41, 5.74) is -2.73. The van der Waals surface area contributed by atoms with Crippen LogP contribution >= 0.6 is 0 Å². The van der Waals surface area contributed by atoms with E-state index in [0.717, 1.165) is 29.2 Å². The first-order valence-corrected chi connectivity index (χ1v) is 10.1. The van der Waals surface area contributed by atoms with Crippen LogP contribution in [0.5, 0.6) is 0 Å². The quantitative estimate of drug-likeness (QED) is 0.446. The lowest BCUT2D eigenvalue weighted by Gasteiger charge is -2.31. The van der Waals surface area contributed by atoms with E-state index in [-0.39, 0.29) is 17.7 Å². The highest BCUT2D eigenvalue weighted by Crippen LogP contribution is 2.36. The fourth-order valence-electron chi connectivity index (χ4n) is 3.63. The fraction of sp³-hybridized carbons (Fsp3) is 0.292. The zero-order valence-corrected chi connectivity index (χ0v) is 17.6. The molecule has 0 N–H and O–H groups in total. The van der Waals surface area contributed by atoms with Crippen LogP contribution in [0.2, 0.25) is 0 Å². The van der Waals surface area contributed by atoms with Gasteiger partial charge in [0.05, 0.1) is 29.3 Å². The minimum absolute atomic E-state index is 0.123. The summed E-state index contributed by atoms with van der Waals surface area (Å²) in [5.74, 6) is -1.04. The van der Waals surface area contributed by atoms with E-state index in [0.29, 0.717) is 6.61 Å². The van der Waals surface area contributed by atoms with Gasteiger partial charge in [-0.3, -0.25) is 4.79 Å². The van der Waals surface area contributed by atoms with E-state index in [1.165, 1.54) is 30.3 Å². The lowest BCUT2D eigenvalue weighted by molar-refractivity contribution is -0.138. The maximum absolute atomic E-state index is 13.6. The number of halogens is 6. The Balaban J connectivity index is 2.08. The maximum Gasteiger partial charge on any atom is 0.417 e. The van der Waals surface area contributed by atoms with Crippen molar-refractivity contribution in [1.82, 2.24) is 4.90 Å². The van der Waals surface area contributed by atoms with Gasteiger partial charge in [0, 0.05) is 18.7 Å². The normalized spacial score (nSPS) is 16.5. The van der Waals surface area contributed by atoms with Crippen molar-refractivity contribution in [2.75, 3.05) is 6.61 Å². The van der Waals surface area contributed by atoms with E-state index in [2.05, 4.69) is 0 Å². The first-order valence-electron chi connectivity index (χ1n) is 10.1. The van der Waals surface area contributed by atoms with Crippen LogP contribution in [0.25, 0.3) is 0 Å². The van der Waals surface area contributed by atoms with Crippen LogP contribution in [0.15, 0.2) is 72.5 Å². The van der Waals surface area contributed by atoms with Gasteiger partial charge in [-0.05, 0) is 36.8 Å². The van der Waals surface area contributed by atoms with E-state index in [9.17, 15) is 31.1 Å². The van der Waals surface area contributed by atoms with Gasteiger partial charge in [-0.1, -0.05) is 42.5 Å². The van der Waals surface area contributed by atoms with Crippen LogP contribution in [0.1, 0.15) is 40.4 Å². The van der Waals surface area contributed by atoms with Gasteiger partial charge in [0.2, 0.25) is 0 Å². The highest BCUT2D eigenvalue weighted by atomic mass is 19.4. The Morgan fingerprint density at radius 2 is 1.58 bits per heavy atom. The van der Waals surface area contributed by atoms with Gasteiger partial charge in [-0.15, -0.1) is 0 Å². The van der Waals surface area contributed by atoms with Gasteiger partial charge in [-0.2, -0.15) is 26.3 Å². The molecule has 2 aromatic rings. The standard InChI is InChI=1S/C24H21F6NO2/c1-2-33-18-10-7-9-17(14-18)31(15-16-8-3-5-12-20(16)23(25,26)27)22(32)19-11-4-6-13-21(19)24(28,29)30/h3-13,18H,2,14-15H2,1H3. The SMILES string of the molecule is CCOC1C=CC=C(N(Cc2ccccc2C(F)(F)F)C(=O)c2ccccc2C(F)(F)F)C1. The number of amides is 1. The molecule has 3 nitrogen and oxygen atoms in total. The van der Waals surface area contributed by atoms with E-state index in [1.807, 2.05) is 0 Å². The van der Waals surface area contributed by atoms with Gasteiger partial charge in [0.25, 0.3) is 5.91 Å². The van der Waals surface area contributed by atoms with Crippen molar-refractivity contribution in [3.63, 3.8) is 0 Å². The molecule has 0 spiro atoms. The Bertz CT molecular complexity index is 1060. The van der Waals surface area contributed by atoms with E-state index in [1.54, 1.807) is 19.1 Å². The van der Waals surface area contributed by atoms with Crippen molar-refractivity contribution in [1.29, 1.82) is 0 Å². The van der Waals surface area contributed by atoms with Crippen molar-refractivity contribution < 1.29 is 35.9 Å². The van der Waals surface area contributed by atoms with E-state index in [4.69, 9.17) is 4.74 Å². The zero-order valence-electron chi connectivity index (χ0n) is 17.6. The molecule has 3 rings (SSSR count). The smallest absolute Gasteiger partial charge is 0.374 e. The summed E-state index contributed by atoms with van der Waals surface area (Å²) in [6.45, 7) is 1.55. The molecule has 1 unspecified atom stereocenters. The van der Waals surface area contributed by atoms with Crippen LogP contribution in [0.4, 0.5) is 26.3 Å². The number of carbonyl (C=O) groups excluding carboxylic acids is 1. The number of allylic oxidation sites excluding steroid dienone is 2. The molecule has 0 bridgehead atoms. The highest BCUT2D eigenvalue weighted by Gasteiger charge is 2.38. The third-order valence-electron chi connectivity index (χ3n) is 5.11. The monoisotopic (exact) mass is 469 g/mol. The van der Waals surface area contributed by atoms with Gasteiger partial charge in [0.1, 0.15) is 0 Å². The molecule has 33 heavy (non-hydrogen) atoms. The second-order valence-electron chi connectivity index (χ2n) is 7.33. The molecule has 2 aromatic carbocycles. The number of ether oxygens (including phenoxy) is 1. The zero-order chi connectivity index (χ0) is 24.2. The van der Waals surface area contributed by atoms with Crippen molar-refractivity contribution in [2.45, 2.75) is 38.3 Å². The average Bonchev–Trinajstić information content (AvgIpc) is 2.76. The molecule has 0 heterocycles. The Kier molecular flexibility index (Phi) is 7.31. The van der Waals surface area contributed by atoms with Gasteiger partial charge >= 0.3 is 12.4 Å². The van der Waals surface area contributed by atoms with Crippen LogP contribution in [-0.2, 0) is 23.6 Å². The van der Waals surface area contributed by atoms with Crippen LogP contribution in [0.3, 0.4) is 0 Å². The molecular weight excluding hydrogens is 448 g/mol. The minimum atomic E-state index is -4.81. The summed E-state index contributed by atoms with van der Waals surface area (Å²) in [5, 5.41) is 0. The second-order valence-corrected chi connectivity index (χ2v) is 7.33. The van der Waals surface area contributed by atoms with Crippen molar-refractivity contribution in [3.8, 4) is 0 Å². The van der Waals surface area contributed by atoms with Crippen LogP contribution in [0, 0.1) is 0 Å². The molecule has 1 amide bonds. The number of hydrogen-bond donors (Lipinski definition) is 0. The van der Waals surface area contributed by atoms with Gasteiger partial charge in [-0.25, -0.2) is 0 Å². The summed E-state index contributed by atoms with van der Waals surface area (Å²) >= 11 is 0. The largest absolute Gasteiger partial charge is 0.417 e. The molecule has 0 fully saturated rings. The number of hydrogen-bond acceptors (Lipinski definition) is 2. The molecule has 176 valence electrons. The first kappa shape index (κ1) is 24.6. The Morgan fingerprint density at radius 1 is 0.970 bits per heavy atom. The van der Waals surface area contributed by atoms with Crippen LogP contribution < -0.4 is 0 Å². The molecular formula is C24H21F6NO2. The topological polar surface area (TPSA) is 29.5 Å². The number of benzene rings is 2. The van der Waals surface area contributed by atoms with Crippen molar-refractivity contribution in [2.24, 2.45) is 0 Å². The van der Waals surface area contributed by atoms with Crippen molar-refractivity contribution in [3.05, 3.63) is 94.7 Å². The molecule has 1 atom stereocenters. The number of rotatable bonds is 6. The predicted molar refractivity (Wildman–Crippen MR) is 110 cm³/mol. The predicted octanol–water partition coefficient (Wildman–Crippen LogP) is 6.62. The summed E-state index contributed by atoms with van der Waals surface area (Å²) < 4.78 is 86.9.